The van der Waals surface area contributed by atoms with Crippen LogP contribution >= 0.6 is 0 Å². The molecule has 0 aliphatic rings. The van der Waals surface area contributed by atoms with Crippen LogP contribution in [0.1, 0.15) is 135 Å². The minimum atomic E-state index is -0.0802. The van der Waals surface area contributed by atoms with Gasteiger partial charge in [-0.05, 0) is 32.4 Å². The van der Waals surface area contributed by atoms with E-state index in [0.717, 1.165) is 32.5 Å². The molecule has 0 fully saturated rings. The zero-order chi connectivity index (χ0) is 22.8. The Bertz CT molecular complexity index is 362. The van der Waals surface area contributed by atoms with Gasteiger partial charge in [0.1, 0.15) is 0 Å². The molecule has 186 valence electrons. The van der Waals surface area contributed by atoms with Gasteiger partial charge in [-0.15, -0.1) is 0 Å². The van der Waals surface area contributed by atoms with Crippen LogP contribution in [0, 0.1) is 0 Å². The zero-order valence-electron chi connectivity index (χ0n) is 21.2. The Balaban J connectivity index is 3.43. The van der Waals surface area contributed by atoms with E-state index in [9.17, 15) is 9.90 Å². The lowest BCUT2D eigenvalue weighted by atomic mass is 10.1. The van der Waals surface area contributed by atoms with Crippen molar-refractivity contribution in [3.8, 4) is 0 Å². The third kappa shape index (κ3) is 23.9. The second-order valence-corrected chi connectivity index (χ2v) is 9.26. The molecule has 0 bridgehead atoms. The molecule has 0 aromatic carbocycles. The molecule has 0 saturated heterocycles. The first-order valence-electron chi connectivity index (χ1n) is 13.6. The molecule has 4 heteroatoms. The number of hydrogen-bond acceptors (Lipinski definition) is 4. The summed E-state index contributed by atoms with van der Waals surface area (Å²) in [7, 11) is 1.46. The van der Waals surface area contributed by atoms with Crippen LogP contribution in [0.4, 0.5) is 0 Å². The summed E-state index contributed by atoms with van der Waals surface area (Å²) in [5.74, 6) is -0.0802. The van der Waals surface area contributed by atoms with Gasteiger partial charge in [0, 0.05) is 13.0 Å². The van der Waals surface area contributed by atoms with Crippen molar-refractivity contribution in [1.82, 2.24) is 4.90 Å². The molecule has 0 heterocycles. The fourth-order valence-corrected chi connectivity index (χ4v) is 4.24. The fraction of sp³-hybridized carbons (Fsp3) is 0.963. The van der Waals surface area contributed by atoms with Crippen LogP contribution in [-0.2, 0) is 9.53 Å². The summed E-state index contributed by atoms with van der Waals surface area (Å²) in [4.78, 5) is 13.5. The molecule has 0 aromatic heterocycles. The summed E-state index contributed by atoms with van der Waals surface area (Å²) in [5, 5.41) is 9.34. The number of ether oxygens (including phenoxy) is 1. The average Bonchev–Trinajstić information content (AvgIpc) is 2.78. The van der Waals surface area contributed by atoms with E-state index >= 15 is 0 Å². The van der Waals surface area contributed by atoms with Crippen molar-refractivity contribution >= 4 is 5.97 Å². The second-order valence-electron chi connectivity index (χ2n) is 9.26. The van der Waals surface area contributed by atoms with Crippen molar-refractivity contribution in [2.24, 2.45) is 0 Å². The topological polar surface area (TPSA) is 49.8 Å². The summed E-state index contributed by atoms with van der Waals surface area (Å²) in [6.45, 7) is 5.70. The highest BCUT2D eigenvalue weighted by Crippen LogP contribution is 2.13. The molecule has 31 heavy (non-hydrogen) atoms. The van der Waals surface area contributed by atoms with Crippen molar-refractivity contribution < 1.29 is 14.6 Å². The molecule has 1 N–H and O–H groups in total. The Labute approximate surface area is 194 Å². The van der Waals surface area contributed by atoms with E-state index in [0.29, 0.717) is 6.42 Å². The van der Waals surface area contributed by atoms with E-state index in [1.54, 1.807) is 0 Å². The van der Waals surface area contributed by atoms with E-state index in [1.807, 2.05) is 0 Å². The minimum Gasteiger partial charge on any atom is -0.469 e. The molecule has 0 saturated carbocycles. The largest absolute Gasteiger partial charge is 0.469 e. The molecule has 0 aromatic rings. The van der Waals surface area contributed by atoms with E-state index in [4.69, 9.17) is 0 Å². The molecule has 0 aliphatic carbocycles. The van der Waals surface area contributed by atoms with E-state index in [1.165, 1.54) is 116 Å². The molecule has 4 nitrogen and oxygen atoms in total. The van der Waals surface area contributed by atoms with E-state index in [2.05, 4.69) is 16.6 Å². The second kappa shape index (κ2) is 25.6. The molecule has 0 rings (SSSR count). The van der Waals surface area contributed by atoms with Crippen molar-refractivity contribution in [3.63, 3.8) is 0 Å². The number of rotatable bonds is 25. The molecular formula is C27H55NO3. The SMILES string of the molecule is CCCCCCCCCCCCN(CCO)CCCCCCCCCCCC(=O)OC. The first-order valence-corrected chi connectivity index (χ1v) is 13.6. The first kappa shape index (κ1) is 30.4. The highest BCUT2D eigenvalue weighted by molar-refractivity contribution is 5.68. The Morgan fingerprint density at radius 3 is 1.39 bits per heavy atom. The van der Waals surface area contributed by atoms with Gasteiger partial charge in [-0.1, -0.05) is 110 Å². The van der Waals surface area contributed by atoms with Gasteiger partial charge in [0.05, 0.1) is 13.7 Å². The number of nitrogens with zero attached hydrogens (tertiary/aromatic N) is 1. The third-order valence-corrected chi connectivity index (χ3v) is 6.33. The van der Waals surface area contributed by atoms with Crippen LogP contribution < -0.4 is 0 Å². The molecular weight excluding hydrogens is 386 g/mol. The smallest absolute Gasteiger partial charge is 0.305 e. The quantitative estimate of drug-likeness (QED) is 0.119. The summed E-state index contributed by atoms with van der Waals surface area (Å²) in [6, 6.07) is 0. The monoisotopic (exact) mass is 441 g/mol. The maximum absolute atomic E-state index is 11.0. The normalized spacial score (nSPS) is 11.4. The Kier molecular flexibility index (Phi) is 25.1. The van der Waals surface area contributed by atoms with Gasteiger partial charge < -0.3 is 14.7 Å². The van der Waals surface area contributed by atoms with E-state index in [-0.39, 0.29) is 12.6 Å². The summed E-state index contributed by atoms with van der Waals surface area (Å²) >= 11 is 0. The molecule has 0 radical (unpaired) electrons. The van der Waals surface area contributed by atoms with Crippen LogP contribution in [0.3, 0.4) is 0 Å². The van der Waals surface area contributed by atoms with Gasteiger partial charge in [0.15, 0.2) is 0 Å². The van der Waals surface area contributed by atoms with Crippen LogP contribution in [0.5, 0.6) is 0 Å². The number of methoxy groups -OCH3 is 1. The summed E-state index contributed by atoms with van der Waals surface area (Å²) < 4.78 is 4.66. The number of esters is 1. The number of hydrogen-bond donors (Lipinski definition) is 1. The maximum atomic E-state index is 11.0. The number of aliphatic hydroxyl groups is 1. The van der Waals surface area contributed by atoms with Gasteiger partial charge in [-0.2, -0.15) is 0 Å². The van der Waals surface area contributed by atoms with Gasteiger partial charge in [-0.25, -0.2) is 0 Å². The summed E-state index contributed by atoms with van der Waals surface area (Å²) in [5.41, 5.74) is 0. The molecule has 0 unspecified atom stereocenters. The molecule has 0 spiro atoms. The van der Waals surface area contributed by atoms with Gasteiger partial charge in [0.25, 0.3) is 0 Å². The highest BCUT2D eigenvalue weighted by Gasteiger charge is 2.04. The number of aliphatic hydroxyl groups excluding tert-OH is 1. The van der Waals surface area contributed by atoms with Gasteiger partial charge in [-0.3, -0.25) is 4.79 Å². The molecule has 0 amide bonds. The third-order valence-electron chi connectivity index (χ3n) is 6.33. The van der Waals surface area contributed by atoms with Crippen molar-refractivity contribution in [2.45, 2.75) is 135 Å². The summed E-state index contributed by atoms with van der Waals surface area (Å²) in [6.07, 6.45) is 25.6. The zero-order valence-corrected chi connectivity index (χ0v) is 21.2. The van der Waals surface area contributed by atoms with Crippen LogP contribution in [-0.4, -0.2) is 49.3 Å². The Morgan fingerprint density at radius 1 is 0.613 bits per heavy atom. The number of unbranched alkanes of at least 4 members (excludes halogenated alkanes) is 17. The molecule has 0 aliphatic heterocycles. The fourth-order valence-electron chi connectivity index (χ4n) is 4.24. The Hall–Kier alpha value is -0.610. The minimum absolute atomic E-state index is 0.0802. The van der Waals surface area contributed by atoms with Gasteiger partial charge >= 0.3 is 5.97 Å². The van der Waals surface area contributed by atoms with Crippen LogP contribution in [0.25, 0.3) is 0 Å². The Morgan fingerprint density at radius 2 is 1.00 bits per heavy atom. The average molecular weight is 442 g/mol. The maximum Gasteiger partial charge on any atom is 0.305 e. The lowest BCUT2D eigenvalue weighted by molar-refractivity contribution is -0.140. The van der Waals surface area contributed by atoms with Crippen molar-refractivity contribution in [2.75, 3.05) is 33.4 Å². The standard InChI is InChI=1S/C27H55NO3/c1-3-4-5-6-7-8-11-14-17-20-23-28(25-26-29)24-21-18-15-12-9-10-13-16-19-22-27(30)31-2/h29H,3-26H2,1-2H3. The lowest BCUT2D eigenvalue weighted by Crippen LogP contribution is -2.29. The predicted molar refractivity (Wildman–Crippen MR) is 134 cm³/mol. The number of carbonyl (C=O) groups is 1. The number of carbonyl (C=O) groups excluding carboxylic acids is 1. The van der Waals surface area contributed by atoms with Crippen LogP contribution in [0.2, 0.25) is 0 Å². The highest BCUT2D eigenvalue weighted by atomic mass is 16.5. The lowest BCUT2D eigenvalue weighted by Gasteiger charge is -2.21. The molecule has 0 atom stereocenters. The van der Waals surface area contributed by atoms with E-state index < -0.39 is 0 Å². The van der Waals surface area contributed by atoms with Crippen molar-refractivity contribution in [3.05, 3.63) is 0 Å². The predicted octanol–water partition coefficient (Wildman–Crippen LogP) is 7.28. The van der Waals surface area contributed by atoms with Crippen LogP contribution in [0.15, 0.2) is 0 Å². The van der Waals surface area contributed by atoms with Gasteiger partial charge in [0.2, 0.25) is 0 Å². The van der Waals surface area contributed by atoms with Crippen molar-refractivity contribution in [1.29, 1.82) is 0 Å². The first-order chi connectivity index (χ1) is 15.2.